The van der Waals surface area contributed by atoms with Crippen LogP contribution in [0.25, 0.3) is 0 Å². The van der Waals surface area contributed by atoms with Gasteiger partial charge in [-0.25, -0.2) is 4.68 Å². The van der Waals surface area contributed by atoms with Crippen LogP contribution in [-0.4, -0.2) is 33.1 Å². The van der Waals surface area contributed by atoms with E-state index in [9.17, 15) is 4.79 Å². The SMILES string of the molecule is CCc1nnc2n1N[C@H](c1ccc(OC)c(Cl)c1)[C@@H](C(=O)Nc1cc(C)cc(C)c1)S2. The van der Waals surface area contributed by atoms with E-state index in [1.807, 2.05) is 55.8 Å². The van der Waals surface area contributed by atoms with Gasteiger partial charge in [-0.1, -0.05) is 42.4 Å². The lowest BCUT2D eigenvalue weighted by Gasteiger charge is -2.33. The minimum absolute atomic E-state index is 0.119. The minimum atomic E-state index is -0.480. The number of ether oxygens (including phenoxy) is 1. The number of rotatable bonds is 5. The molecule has 7 nitrogen and oxygen atoms in total. The van der Waals surface area contributed by atoms with Crippen molar-refractivity contribution in [1.82, 2.24) is 14.9 Å². The Morgan fingerprint density at radius 3 is 2.61 bits per heavy atom. The summed E-state index contributed by atoms with van der Waals surface area (Å²) in [5, 5.41) is 12.2. The van der Waals surface area contributed by atoms with Crippen molar-refractivity contribution in [2.75, 3.05) is 17.9 Å². The van der Waals surface area contributed by atoms with Gasteiger partial charge >= 0.3 is 0 Å². The van der Waals surface area contributed by atoms with Gasteiger partial charge in [0.25, 0.3) is 0 Å². The molecule has 1 amide bonds. The second-order valence-corrected chi connectivity index (χ2v) is 9.01. The minimum Gasteiger partial charge on any atom is -0.495 e. The van der Waals surface area contributed by atoms with Gasteiger partial charge in [0.15, 0.2) is 5.82 Å². The normalized spacial score (nSPS) is 17.6. The quantitative estimate of drug-likeness (QED) is 0.586. The number of nitrogens with zero attached hydrogens (tertiary/aromatic N) is 3. The highest BCUT2D eigenvalue weighted by molar-refractivity contribution is 8.00. The lowest BCUT2D eigenvalue weighted by molar-refractivity contribution is -0.116. The van der Waals surface area contributed by atoms with Crippen molar-refractivity contribution in [1.29, 1.82) is 0 Å². The fourth-order valence-corrected chi connectivity index (χ4v) is 5.08. The molecule has 0 saturated heterocycles. The molecule has 9 heteroatoms. The molecule has 162 valence electrons. The highest BCUT2D eigenvalue weighted by Crippen LogP contribution is 2.39. The number of carbonyl (C=O) groups is 1. The Labute approximate surface area is 190 Å². The summed E-state index contributed by atoms with van der Waals surface area (Å²) in [5.74, 6) is 1.27. The third kappa shape index (κ3) is 4.36. The summed E-state index contributed by atoms with van der Waals surface area (Å²) in [5.41, 5.74) is 7.26. The predicted molar refractivity (Wildman–Crippen MR) is 124 cm³/mol. The first kappa shape index (κ1) is 21.5. The van der Waals surface area contributed by atoms with E-state index in [1.165, 1.54) is 11.8 Å². The van der Waals surface area contributed by atoms with Gasteiger partial charge < -0.3 is 15.5 Å². The Bertz CT molecular complexity index is 1110. The summed E-state index contributed by atoms with van der Waals surface area (Å²) in [6, 6.07) is 11.2. The summed E-state index contributed by atoms with van der Waals surface area (Å²) in [6.07, 6.45) is 0.718. The van der Waals surface area contributed by atoms with Crippen molar-refractivity contribution in [3.05, 3.63) is 63.9 Å². The Kier molecular flexibility index (Phi) is 6.11. The fourth-order valence-electron chi connectivity index (χ4n) is 3.71. The number of aryl methyl sites for hydroxylation is 3. The van der Waals surface area contributed by atoms with E-state index >= 15 is 0 Å². The van der Waals surface area contributed by atoms with Crippen LogP contribution in [-0.2, 0) is 11.2 Å². The third-order valence-electron chi connectivity index (χ3n) is 5.10. The molecule has 0 spiro atoms. The molecule has 2 N–H and O–H groups in total. The van der Waals surface area contributed by atoms with E-state index in [-0.39, 0.29) is 11.9 Å². The van der Waals surface area contributed by atoms with Gasteiger partial charge in [0.1, 0.15) is 11.0 Å². The second-order valence-electron chi connectivity index (χ2n) is 7.49. The maximum absolute atomic E-state index is 13.4. The van der Waals surface area contributed by atoms with Gasteiger partial charge in [-0.15, -0.1) is 10.2 Å². The molecule has 0 aliphatic carbocycles. The number of halogens is 1. The van der Waals surface area contributed by atoms with Crippen LogP contribution < -0.4 is 15.5 Å². The van der Waals surface area contributed by atoms with Gasteiger partial charge in [0.2, 0.25) is 11.1 Å². The van der Waals surface area contributed by atoms with Crippen LogP contribution in [0, 0.1) is 13.8 Å². The molecule has 0 unspecified atom stereocenters. The highest BCUT2D eigenvalue weighted by atomic mass is 35.5. The standard InChI is InChI=1S/C22H24ClN5O2S/c1-5-18-25-26-22-28(18)27-19(14-6-7-17(30-4)16(23)11-14)20(31-22)21(29)24-15-9-12(2)8-13(3)10-15/h6-11,19-20,27H,5H2,1-4H3,(H,24,29)/t19-,20+/m1/s1. The lowest BCUT2D eigenvalue weighted by Crippen LogP contribution is -2.41. The molecule has 0 bridgehead atoms. The van der Waals surface area contributed by atoms with Gasteiger partial charge in [0.05, 0.1) is 18.2 Å². The first-order valence-corrected chi connectivity index (χ1v) is 11.3. The monoisotopic (exact) mass is 457 g/mol. The van der Waals surface area contributed by atoms with Crippen molar-refractivity contribution in [2.45, 2.75) is 43.6 Å². The number of amides is 1. The average molecular weight is 458 g/mol. The number of carbonyl (C=O) groups excluding carboxylic acids is 1. The molecule has 0 radical (unpaired) electrons. The summed E-state index contributed by atoms with van der Waals surface area (Å²) < 4.78 is 7.14. The van der Waals surface area contributed by atoms with E-state index in [0.29, 0.717) is 15.9 Å². The van der Waals surface area contributed by atoms with Crippen LogP contribution in [0.2, 0.25) is 5.02 Å². The zero-order chi connectivity index (χ0) is 22.1. The van der Waals surface area contributed by atoms with Crippen molar-refractivity contribution in [3.63, 3.8) is 0 Å². The van der Waals surface area contributed by atoms with E-state index in [1.54, 1.807) is 7.11 Å². The Morgan fingerprint density at radius 2 is 1.97 bits per heavy atom. The lowest BCUT2D eigenvalue weighted by atomic mass is 10.0. The maximum atomic E-state index is 13.4. The summed E-state index contributed by atoms with van der Waals surface area (Å²) in [7, 11) is 1.58. The summed E-state index contributed by atoms with van der Waals surface area (Å²) in [4.78, 5) is 13.4. The number of hydrogen-bond donors (Lipinski definition) is 2. The molecule has 0 saturated carbocycles. The van der Waals surface area contributed by atoms with Gasteiger partial charge in [-0.3, -0.25) is 4.79 Å². The molecule has 1 aromatic heterocycles. The molecular formula is C22H24ClN5O2S. The molecule has 3 aromatic rings. The van der Waals surface area contributed by atoms with E-state index in [0.717, 1.165) is 34.6 Å². The smallest absolute Gasteiger partial charge is 0.240 e. The molecule has 1 aliphatic heterocycles. The van der Waals surface area contributed by atoms with E-state index in [2.05, 4.69) is 27.0 Å². The summed E-state index contributed by atoms with van der Waals surface area (Å²) >= 11 is 7.77. The van der Waals surface area contributed by atoms with Crippen LogP contribution in [0.4, 0.5) is 5.69 Å². The van der Waals surface area contributed by atoms with Crippen molar-refractivity contribution in [2.24, 2.45) is 0 Å². The zero-order valence-corrected chi connectivity index (χ0v) is 19.3. The number of benzene rings is 2. The zero-order valence-electron chi connectivity index (χ0n) is 17.8. The molecular weight excluding hydrogens is 434 g/mol. The number of fused-ring (bicyclic) bond motifs is 1. The number of hydrogen-bond acceptors (Lipinski definition) is 6. The molecule has 31 heavy (non-hydrogen) atoms. The Hall–Kier alpha value is -2.71. The van der Waals surface area contributed by atoms with Gasteiger partial charge in [0, 0.05) is 12.1 Å². The first-order valence-electron chi connectivity index (χ1n) is 9.99. The maximum Gasteiger partial charge on any atom is 0.240 e. The Morgan fingerprint density at radius 1 is 1.23 bits per heavy atom. The number of aromatic nitrogens is 3. The molecule has 0 fully saturated rings. The van der Waals surface area contributed by atoms with Crippen LogP contribution in [0.15, 0.2) is 41.6 Å². The number of nitrogens with one attached hydrogen (secondary N) is 2. The van der Waals surface area contributed by atoms with E-state index < -0.39 is 5.25 Å². The van der Waals surface area contributed by atoms with Crippen LogP contribution in [0.5, 0.6) is 5.75 Å². The molecule has 4 rings (SSSR count). The summed E-state index contributed by atoms with van der Waals surface area (Å²) in [6.45, 7) is 6.04. The first-order chi connectivity index (χ1) is 14.9. The molecule has 2 aromatic carbocycles. The van der Waals surface area contributed by atoms with Gasteiger partial charge in [-0.05, 0) is 54.8 Å². The second kappa shape index (κ2) is 8.80. The van der Waals surface area contributed by atoms with Crippen LogP contribution in [0.3, 0.4) is 0 Å². The average Bonchev–Trinajstić information content (AvgIpc) is 3.14. The van der Waals surface area contributed by atoms with Gasteiger partial charge in [-0.2, -0.15) is 0 Å². The largest absolute Gasteiger partial charge is 0.495 e. The van der Waals surface area contributed by atoms with E-state index in [4.69, 9.17) is 16.3 Å². The molecule has 2 heterocycles. The van der Waals surface area contributed by atoms with Crippen molar-refractivity contribution >= 4 is 35.0 Å². The third-order valence-corrected chi connectivity index (χ3v) is 6.61. The van der Waals surface area contributed by atoms with Crippen LogP contribution in [0.1, 0.15) is 35.5 Å². The van der Waals surface area contributed by atoms with Crippen LogP contribution >= 0.6 is 23.4 Å². The number of thioether (sulfide) groups is 1. The Balaban J connectivity index is 1.70. The fraction of sp³-hybridized carbons (Fsp3) is 0.318. The number of methoxy groups -OCH3 is 1. The highest BCUT2D eigenvalue weighted by Gasteiger charge is 2.38. The predicted octanol–water partition coefficient (Wildman–Crippen LogP) is 4.52. The van der Waals surface area contributed by atoms with Crippen molar-refractivity contribution < 1.29 is 9.53 Å². The topological polar surface area (TPSA) is 81.1 Å². The van der Waals surface area contributed by atoms with Crippen molar-refractivity contribution in [3.8, 4) is 5.75 Å². The molecule has 1 aliphatic rings. The molecule has 2 atom stereocenters. The number of anilines is 1.